The van der Waals surface area contributed by atoms with Crippen molar-refractivity contribution < 1.29 is 9.53 Å². The standard InChI is InChI=1S/C17H22N4O2S/c1-3-14-11-19-17(24-14)12(2)20-16(22)15-10-13(4-5-18-15)21-6-8-23-9-7-21/h4-5,10-12H,3,6-9H2,1-2H3,(H,20,22)/t12-/m0/s1. The van der Waals surface area contributed by atoms with Crippen molar-refractivity contribution in [1.82, 2.24) is 15.3 Å². The molecular weight excluding hydrogens is 324 g/mol. The Morgan fingerprint density at radius 3 is 2.92 bits per heavy atom. The molecule has 0 saturated carbocycles. The van der Waals surface area contributed by atoms with E-state index in [1.807, 2.05) is 25.3 Å². The van der Waals surface area contributed by atoms with E-state index in [1.54, 1.807) is 17.5 Å². The largest absolute Gasteiger partial charge is 0.378 e. The Labute approximate surface area is 145 Å². The summed E-state index contributed by atoms with van der Waals surface area (Å²) in [5, 5.41) is 3.90. The summed E-state index contributed by atoms with van der Waals surface area (Å²) in [6, 6.07) is 3.64. The number of nitrogens with zero attached hydrogens (tertiary/aromatic N) is 3. The van der Waals surface area contributed by atoms with Gasteiger partial charge in [-0.05, 0) is 25.5 Å². The lowest BCUT2D eigenvalue weighted by Crippen LogP contribution is -2.36. The summed E-state index contributed by atoms with van der Waals surface area (Å²) < 4.78 is 5.37. The summed E-state index contributed by atoms with van der Waals surface area (Å²) in [5.41, 5.74) is 1.44. The van der Waals surface area contributed by atoms with Gasteiger partial charge in [0.15, 0.2) is 0 Å². The monoisotopic (exact) mass is 346 g/mol. The number of thiazole rings is 1. The lowest BCUT2D eigenvalue weighted by atomic mass is 10.2. The minimum atomic E-state index is -0.175. The quantitative estimate of drug-likeness (QED) is 0.901. The summed E-state index contributed by atoms with van der Waals surface area (Å²) in [7, 11) is 0. The molecule has 0 aromatic carbocycles. The third kappa shape index (κ3) is 3.91. The molecule has 24 heavy (non-hydrogen) atoms. The fraction of sp³-hybridized carbons (Fsp3) is 0.471. The van der Waals surface area contributed by atoms with Crippen LogP contribution in [0.4, 0.5) is 5.69 Å². The molecule has 1 aliphatic heterocycles. The first-order chi connectivity index (χ1) is 11.7. The summed E-state index contributed by atoms with van der Waals surface area (Å²) >= 11 is 1.64. The van der Waals surface area contributed by atoms with Crippen molar-refractivity contribution in [2.45, 2.75) is 26.3 Å². The molecule has 1 atom stereocenters. The van der Waals surface area contributed by atoms with Gasteiger partial charge in [-0.2, -0.15) is 0 Å². The van der Waals surface area contributed by atoms with E-state index in [1.165, 1.54) is 4.88 Å². The molecular formula is C17H22N4O2S. The number of pyridine rings is 1. The number of nitrogens with one attached hydrogen (secondary N) is 1. The first-order valence-electron chi connectivity index (χ1n) is 8.21. The molecule has 1 amide bonds. The van der Waals surface area contributed by atoms with Crippen LogP contribution in [0, 0.1) is 0 Å². The summed E-state index contributed by atoms with van der Waals surface area (Å²) in [4.78, 5) is 24.5. The number of anilines is 1. The Balaban J connectivity index is 1.68. The highest BCUT2D eigenvalue weighted by Gasteiger charge is 2.17. The summed E-state index contributed by atoms with van der Waals surface area (Å²) in [5.74, 6) is -0.175. The average Bonchev–Trinajstić information content (AvgIpc) is 3.12. The predicted molar refractivity (Wildman–Crippen MR) is 94.6 cm³/mol. The van der Waals surface area contributed by atoms with Gasteiger partial charge in [-0.1, -0.05) is 6.92 Å². The van der Waals surface area contributed by atoms with Crippen molar-refractivity contribution in [2.75, 3.05) is 31.2 Å². The van der Waals surface area contributed by atoms with Crippen molar-refractivity contribution in [3.05, 3.63) is 40.1 Å². The van der Waals surface area contributed by atoms with Gasteiger partial charge < -0.3 is 15.0 Å². The highest BCUT2D eigenvalue weighted by molar-refractivity contribution is 7.11. The number of ether oxygens (including phenoxy) is 1. The lowest BCUT2D eigenvalue weighted by Gasteiger charge is -2.28. The average molecular weight is 346 g/mol. The number of rotatable bonds is 5. The van der Waals surface area contributed by atoms with Gasteiger partial charge >= 0.3 is 0 Å². The molecule has 1 fully saturated rings. The molecule has 7 heteroatoms. The molecule has 1 saturated heterocycles. The van der Waals surface area contributed by atoms with Crippen LogP contribution < -0.4 is 10.2 Å². The number of carbonyl (C=O) groups is 1. The molecule has 0 radical (unpaired) electrons. The molecule has 0 aliphatic carbocycles. The third-order valence-electron chi connectivity index (χ3n) is 3.99. The Hall–Kier alpha value is -1.99. The summed E-state index contributed by atoms with van der Waals surface area (Å²) in [6.07, 6.45) is 4.52. The predicted octanol–water partition coefficient (Wildman–Crippen LogP) is 2.43. The maximum Gasteiger partial charge on any atom is 0.270 e. The van der Waals surface area contributed by atoms with Crippen LogP contribution in [-0.4, -0.2) is 42.2 Å². The zero-order chi connectivity index (χ0) is 16.9. The number of hydrogen-bond donors (Lipinski definition) is 1. The minimum Gasteiger partial charge on any atom is -0.378 e. The molecule has 128 valence electrons. The van der Waals surface area contributed by atoms with Crippen LogP contribution in [0.3, 0.4) is 0 Å². The molecule has 2 aromatic heterocycles. The highest BCUT2D eigenvalue weighted by atomic mass is 32.1. The van der Waals surface area contributed by atoms with Crippen LogP contribution in [0.5, 0.6) is 0 Å². The Morgan fingerprint density at radius 1 is 1.42 bits per heavy atom. The first kappa shape index (κ1) is 16.9. The second-order valence-corrected chi connectivity index (χ2v) is 6.86. The van der Waals surface area contributed by atoms with Gasteiger partial charge in [-0.3, -0.25) is 9.78 Å². The normalized spacial score (nSPS) is 16.0. The zero-order valence-corrected chi connectivity index (χ0v) is 14.8. The van der Waals surface area contributed by atoms with Crippen LogP contribution in [0.15, 0.2) is 24.5 Å². The van der Waals surface area contributed by atoms with Crippen LogP contribution in [-0.2, 0) is 11.2 Å². The van der Waals surface area contributed by atoms with Crippen molar-refractivity contribution in [2.24, 2.45) is 0 Å². The van der Waals surface area contributed by atoms with Crippen molar-refractivity contribution in [3.63, 3.8) is 0 Å². The van der Waals surface area contributed by atoms with Gasteiger partial charge in [0.05, 0.1) is 19.3 Å². The van der Waals surface area contributed by atoms with Gasteiger partial charge in [0, 0.05) is 36.0 Å². The number of amides is 1. The van der Waals surface area contributed by atoms with Crippen molar-refractivity contribution in [1.29, 1.82) is 0 Å². The smallest absolute Gasteiger partial charge is 0.270 e. The molecule has 0 unspecified atom stereocenters. The molecule has 3 rings (SSSR count). The molecule has 0 spiro atoms. The Morgan fingerprint density at radius 2 is 2.21 bits per heavy atom. The molecule has 1 aliphatic rings. The van der Waals surface area contributed by atoms with Crippen LogP contribution in [0.25, 0.3) is 0 Å². The Bertz CT molecular complexity index is 697. The fourth-order valence-electron chi connectivity index (χ4n) is 2.58. The maximum absolute atomic E-state index is 12.5. The number of aryl methyl sites for hydroxylation is 1. The van der Waals surface area contributed by atoms with Crippen LogP contribution in [0.1, 0.15) is 40.3 Å². The molecule has 2 aromatic rings. The van der Waals surface area contributed by atoms with Gasteiger partial charge in [0.2, 0.25) is 0 Å². The highest BCUT2D eigenvalue weighted by Crippen LogP contribution is 2.21. The zero-order valence-electron chi connectivity index (χ0n) is 14.0. The number of hydrogen-bond acceptors (Lipinski definition) is 6. The van der Waals surface area contributed by atoms with Gasteiger partial charge in [0.25, 0.3) is 5.91 Å². The fourth-order valence-corrected chi connectivity index (χ4v) is 3.44. The van der Waals surface area contributed by atoms with E-state index in [2.05, 4.69) is 27.1 Å². The van der Waals surface area contributed by atoms with E-state index in [0.717, 1.165) is 30.2 Å². The van der Waals surface area contributed by atoms with E-state index in [9.17, 15) is 4.79 Å². The number of carbonyl (C=O) groups excluding carboxylic acids is 1. The van der Waals surface area contributed by atoms with E-state index < -0.39 is 0 Å². The van der Waals surface area contributed by atoms with Crippen LogP contribution >= 0.6 is 11.3 Å². The van der Waals surface area contributed by atoms with Crippen molar-refractivity contribution in [3.8, 4) is 0 Å². The summed E-state index contributed by atoms with van der Waals surface area (Å²) in [6.45, 7) is 7.14. The SMILES string of the molecule is CCc1cnc([C@H](C)NC(=O)c2cc(N3CCOCC3)ccn2)s1. The molecule has 3 heterocycles. The van der Waals surface area contributed by atoms with Crippen LogP contribution in [0.2, 0.25) is 0 Å². The molecule has 0 bridgehead atoms. The maximum atomic E-state index is 12.5. The first-order valence-corrected chi connectivity index (χ1v) is 9.03. The van der Waals surface area contributed by atoms with Gasteiger partial charge in [-0.15, -0.1) is 11.3 Å². The second-order valence-electron chi connectivity index (χ2n) is 5.71. The topological polar surface area (TPSA) is 67.4 Å². The second kappa shape index (κ2) is 7.72. The van der Waals surface area contributed by atoms with Crippen molar-refractivity contribution >= 4 is 22.9 Å². The van der Waals surface area contributed by atoms with E-state index in [0.29, 0.717) is 18.9 Å². The Kier molecular flexibility index (Phi) is 5.42. The van der Waals surface area contributed by atoms with Gasteiger partial charge in [0.1, 0.15) is 10.7 Å². The third-order valence-corrected chi connectivity index (χ3v) is 5.31. The molecule has 1 N–H and O–H groups in total. The number of aromatic nitrogens is 2. The molecule has 6 nitrogen and oxygen atoms in total. The van der Waals surface area contributed by atoms with E-state index >= 15 is 0 Å². The van der Waals surface area contributed by atoms with Gasteiger partial charge in [-0.25, -0.2) is 4.98 Å². The number of morpholine rings is 1. The lowest BCUT2D eigenvalue weighted by molar-refractivity contribution is 0.0935. The minimum absolute atomic E-state index is 0.128. The van der Waals surface area contributed by atoms with E-state index in [-0.39, 0.29) is 11.9 Å². The van der Waals surface area contributed by atoms with E-state index in [4.69, 9.17) is 4.74 Å².